The Morgan fingerprint density at radius 3 is 1.33 bits per heavy atom. The lowest BCUT2D eigenvalue weighted by molar-refractivity contribution is 0.0679. The average molecular weight is 1840 g/mol. The van der Waals surface area contributed by atoms with Gasteiger partial charge in [-0.2, -0.15) is 49.8 Å². The molecule has 0 aliphatic carbocycles. The number of aryl methyl sites for hydroxylation is 1. The van der Waals surface area contributed by atoms with Crippen LogP contribution in [0.4, 0.5) is 38.7 Å². The fourth-order valence-electron chi connectivity index (χ4n) is 14.6. The Hall–Kier alpha value is -14.5. The number of imidazole rings is 4. The van der Waals surface area contributed by atoms with Crippen LogP contribution in [0.5, 0.6) is 36.1 Å². The Labute approximate surface area is 773 Å². The number of likely N-dealkylation sites (tertiary alicyclic amines) is 1. The van der Waals surface area contributed by atoms with E-state index in [4.69, 9.17) is 75.0 Å². The SMILES string of the molecule is CCCCOc1nc(N)c2nc(OC(=O)OC(C)C)n(Cc3cccc(CN4CCCC4)c3)c2n1.COCCOc1nc(N)c2[nH]c(=O)n(Cc3cccc(Cn4ccccc4=O)c3)c2n1.COCCOc1nc(N)c2nc(C)n(Cc3cccc(CNc4ccccn4)c3)c2n1.COCCOc1nc(N)c2nc(OC(=O)OC(C)C)n(Cc3cccc(CN4CCN(C)CC4)c3)c2n1. The third-order valence-electron chi connectivity index (χ3n) is 21.2. The van der Waals surface area contributed by atoms with E-state index in [1.807, 2.05) is 90.4 Å². The molecule has 0 bridgehead atoms. The first kappa shape index (κ1) is 97.0. The summed E-state index contributed by atoms with van der Waals surface area (Å²) in [6.07, 6.45) is 5.49. The van der Waals surface area contributed by atoms with Crippen molar-refractivity contribution in [2.24, 2.45) is 0 Å². The number of ether oxygens (including phenoxy) is 11. The highest BCUT2D eigenvalue weighted by atomic mass is 16.7. The highest BCUT2D eigenvalue weighted by Crippen LogP contribution is 2.32. The predicted molar refractivity (Wildman–Crippen MR) is 504 cm³/mol. The number of carbonyl (C=O) groups is 2. The molecular weight excluding hydrogens is 1720 g/mol. The normalized spacial score (nSPS) is 12.9. The first-order chi connectivity index (χ1) is 64.9. The molecule has 0 radical (unpaired) electrons. The van der Waals surface area contributed by atoms with Crippen molar-refractivity contribution >= 4 is 86.1 Å². The van der Waals surface area contributed by atoms with Crippen molar-refractivity contribution in [1.82, 2.24) is 102 Å². The number of fused-ring (bicyclic) bond motifs is 4. The first-order valence-corrected chi connectivity index (χ1v) is 44.3. The molecule has 4 aromatic carbocycles. The molecule has 0 amide bonds. The molecule has 41 nitrogen and oxygen atoms in total. The number of nitrogens with two attached hydrogens (primary N) is 4. The summed E-state index contributed by atoms with van der Waals surface area (Å²) in [5, 5.41) is 3.33. The monoisotopic (exact) mass is 1840 g/mol. The molecule has 16 rings (SSSR count). The fraction of sp³-hybridized carbons (Fsp3) is 0.398. The van der Waals surface area contributed by atoms with E-state index in [1.165, 1.54) is 34.6 Å². The number of pyridine rings is 2. The van der Waals surface area contributed by atoms with Crippen LogP contribution in [-0.2, 0) is 76.0 Å². The number of unbranched alkanes of at least 4 members (excludes halogenated alkanes) is 1. The molecule has 12 heterocycles. The van der Waals surface area contributed by atoms with E-state index in [2.05, 4.69) is 141 Å². The Bertz CT molecular complexity index is 6370. The highest BCUT2D eigenvalue weighted by Gasteiger charge is 2.27. The summed E-state index contributed by atoms with van der Waals surface area (Å²) in [5.74, 6) is 2.35. The molecule has 14 aromatic rings. The number of aromatic nitrogens is 18. The number of aromatic amines is 1. The molecule has 41 heteroatoms. The predicted octanol–water partition coefficient (Wildman–Crippen LogP) is 10.1. The van der Waals surface area contributed by atoms with Crippen LogP contribution in [0.2, 0.25) is 0 Å². The van der Waals surface area contributed by atoms with Gasteiger partial charge in [0.25, 0.3) is 5.56 Å². The molecule has 0 saturated carbocycles. The summed E-state index contributed by atoms with van der Waals surface area (Å²) in [4.78, 5) is 111. The number of nitrogens with one attached hydrogen (secondary N) is 2. The third-order valence-corrected chi connectivity index (χ3v) is 21.2. The maximum atomic E-state index is 12.6. The molecule has 0 spiro atoms. The van der Waals surface area contributed by atoms with E-state index >= 15 is 0 Å². The smallest absolute Gasteiger partial charge is 0.463 e. The Morgan fingerprint density at radius 2 is 0.858 bits per heavy atom. The number of nitrogens with zero attached hydrogens (tertiary/aromatic N) is 20. The second-order valence-corrected chi connectivity index (χ2v) is 32.3. The van der Waals surface area contributed by atoms with Gasteiger partial charge in [0.15, 0.2) is 62.4 Å². The fourth-order valence-corrected chi connectivity index (χ4v) is 14.6. The van der Waals surface area contributed by atoms with Crippen LogP contribution >= 0.6 is 0 Å². The van der Waals surface area contributed by atoms with E-state index in [0.29, 0.717) is 116 Å². The van der Waals surface area contributed by atoms with E-state index < -0.39 is 12.3 Å². The van der Waals surface area contributed by atoms with Gasteiger partial charge >= 0.3 is 54.1 Å². The van der Waals surface area contributed by atoms with Crippen LogP contribution in [0.25, 0.3) is 44.7 Å². The number of hydrogen-bond acceptors (Lipinski definition) is 35. The standard InChI is InChI=1S/C25H35N7O5.C25H34N6O4.C22H25N7O2.C21H22N6O4/c1-17(2)36-25(33)37-24-27-20-21(26)28-23(35-13-12-34-4)29-22(20)32(24)16-19-7-5-6-18(14-19)15-31-10-8-30(3)9-11-31;1-4-5-13-33-23-28-21(26)20-22(29-23)31(24(27-20)35-25(32)34-17(2)3)16-19-10-8-9-18(14-19)15-30-11-6-7-12-30;1-15-26-19-20(23)27-22(31-11-10-30-2)28-21(19)29(15)14-17-7-5-6-16(12-17)13-25-18-8-3-4-9-24-18;1-30-9-10-31-20-24-18(22)17-19(25-20)27(21(29)23-17)13-15-6-4-5-14(11-15)12-26-8-3-2-7-16(26)28/h5-7,14,17H,8-13,15-16H2,1-4H3,(H2,26,28,29);8-10,14,17H,4-7,11-13,15-16H2,1-3H3,(H2,26,28,29);3-9,12H,10-11,13-14H2,1-2H3,(H,24,25)(H2,23,27,28);2-8,11H,9-10,12-13H2,1H3,(H,23,29)(H2,22,24,25). The highest BCUT2D eigenvalue weighted by molar-refractivity contribution is 5.86. The largest absolute Gasteiger partial charge is 0.516 e. The molecule has 10 N–H and O–H groups in total. The van der Waals surface area contributed by atoms with Gasteiger partial charge in [0.1, 0.15) is 37.0 Å². The summed E-state index contributed by atoms with van der Waals surface area (Å²) in [6.45, 7) is 24.4. The van der Waals surface area contributed by atoms with Crippen LogP contribution in [0.15, 0.2) is 155 Å². The zero-order chi connectivity index (χ0) is 94.6. The van der Waals surface area contributed by atoms with Crippen LogP contribution < -0.4 is 67.9 Å². The molecule has 2 fully saturated rings. The average Bonchev–Trinajstić information content (AvgIpc) is 1.63. The van der Waals surface area contributed by atoms with Crippen molar-refractivity contribution in [2.45, 2.75) is 132 Å². The first-order valence-electron chi connectivity index (χ1n) is 44.3. The topological polar surface area (TPSA) is 491 Å². The maximum absolute atomic E-state index is 12.6. The van der Waals surface area contributed by atoms with Crippen molar-refractivity contribution < 1.29 is 61.7 Å². The summed E-state index contributed by atoms with van der Waals surface area (Å²) in [6, 6.07) is 44.1. The van der Waals surface area contributed by atoms with Gasteiger partial charge in [-0.05, 0) is 137 Å². The second kappa shape index (κ2) is 47.5. The Kier molecular flexibility index (Phi) is 34.4. The lowest BCUT2D eigenvalue weighted by Gasteiger charge is -2.32. The number of H-pyrrole nitrogens is 1. The van der Waals surface area contributed by atoms with Crippen molar-refractivity contribution in [3.8, 4) is 36.1 Å². The van der Waals surface area contributed by atoms with Gasteiger partial charge in [-0.25, -0.2) is 24.4 Å². The van der Waals surface area contributed by atoms with Crippen molar-refractivity contribution in [2.75, 3.05) is 142 Å². The number of nitrogen functional groups attached to an aromatic ring is 4. The molecule has 10 aromatic heterocycles. The summed E-state index contributed by atoms with van der Waals surface area (Å²) in [7, 11) is 6.90. The third kappa shape index (κ3) is 27.1. The van der Waals surface area contributed by atoms with Gasteiger partial charge in [-0.1, -0.05) is 123 Å². The van der Waals surface area contributed by atoms with Gasteiger partial charge in [-0.15, -0.1) is 0 Å². The van der Waals surface area contributed by atoms with Gasteiger partial charge in [0, 0.05) is 85.6 Å². The molecule has 0 unspecified atom stereocenters. The molecule has 708 valence electrons. The minimum atomic E-state index is -0.863. The lowest BCUT2D eigenvalue weighted by atomic mass is 10.1. The Morgan fingerprint density at radius 1 is 0.440 bits per heavy atom. The number of hydrogen-bond donors (Lipinski definition) is 6. The van der Waals surface area contributed by atoms with Crippen molar-refractivity contribution in [3.05, 3.63) is 217 Å². The summed E-state index contributed by atoms with van der Waals surface area (Å²) in [5.41, 5.74) is 36.0. The van der Waals surface area contributed by atoms with Crippen LogP contribution in [0, 0.1) is 6.92 Å². The zero-order valence-corrected chi connectivity index (χ0v) is 77.1. The zero-order valence-electron chi connectivity index (χ0n) is 77.1. The minimum absolute atomic E-state index is 0.0140. The molecule has 134 heavy (non-hydrogen) atoms. The van der Waals surface area contributed by atoms with E-state index in [0.717, 1.165) is 110 Å². The van der Waals surface area contributed by atoms with Gasteiger partial charge < -0.3 is 99.4 Å². The van der Waals surface area contributed by atoms with E-state index in [9.17, 15) is 19.2 Å². The number of rotatable bonds is 37. The second-order valence-electron chi connectivity index (χ2n) is 32.3. The van der Waals surface area contributed by atoms with Crippen molar-refractivity contribution in [3.63, 3.8) is 0 Å². The summed E-state index contributed by atoms with van der Waals surface area (Å²) >= 11 is 0. The number of piperazine rings is 1. The molecular formula is C93H116N26O15. The maximum Gasteiger partial charge on any atom is 0.516 e. The van der Waals surface area contributed by atoms with Crippen LogP contribution in [-0.4, -0.2) is 241 Å². The lowest BCUT2D eigenvalue weighted by Crippen LogP contribution is -2.43. The van der Waals surface area contributed by atoms with Gasteiger partial charge in [-0.3, -0.25) is 28.3 Å². The van der Waals surface area contributed by atoms with E-state index in [-0.39, 0.29) is 96.7 Å². The van der Waals surface area contributed by atoms with Gasteiger partial charge in [0.2, 0.25) is 0 Å². The number of carbonyl (C=O) groups excluding carboxylic acids is 2. The van der Waals surface area contributed by atoms with E-state index in [1.54, 1.807) is 81.2 Å². The molecule has 2 aliphatic heterocycles. The molecule has 0 atom stereocenters. The molecule has 2 saturated heterocycles. The molecule has 2 aliphatic rings. The van der Waals surface area contributed by atoms with Crippen LogP contribution in [0.3, 0.4) is 0 Å². The minimum Gasteiger partial charge on any atom is -0.463 e. The quantitative estimate of drug-likeness (QED) is 0.0156. The number of anilines is 5. The van der Waals surface area contributed by atoms with Crippen LogP contribution in [0.1, 0.15) is 111 Å². The number of methoxy groups -OCH3 is 3. The summed E-state index contributed by atoms with van der Waals surface area (Å²) < 4.78 is 67.0. The number of likely N-dealkylation sites (N-methyl/N-ethyl adjacent to an activating group) is 1. The van der Waals surface area contributed by atoms with Gasteiger partial charge in [0.05, 0.1) is 71.4 Å². The Balaban J connectivity index is 0.000000152. The van der Waals surface area contributed by atoms with Crippen molar-refractivity contribution in [1.29, 1.82) is 0 Å². The number of benzene rings is 4.